The van der Waals surface area contributed by atoms with Crippen molar-refractivity contribution in [3.05, 3.63) is 33.2 Å². The molecule has 76 valence electrons. The summed E-state index contributed by atoms with van der Waals surface area (Å²) in [7, 11) is 0. The highest BCUT2D eigenvalue weighted by molar-refractivity contribution is 5.35. The van der Waals surface area contributed by atoms with Crippen molar-refractivity contribution in [1.29, 1.82) is 0 Å². The van der Waals surface area contributed by atoms with Crippen molar-refractivity contribution < 1.29 is 13.2 Å². The summed E-state index contributed by atoms with van der Waals surface area (Å²) in [5, 5.41) is 0. The number of hydrogen-bond acceptors (Lipinski definition) is 1. The maximum atomic E-state index is 12.5. The van der Waals surface area contributed by atoms with Gasteiger partial charge >= 0.3 is 6.18 Å². The molecule has 0 fully saturated rings. The fourth-order valence-electron chi connectivity index (χ4n) is 1.85. The van der Waals surface area contributed by atoms with Gasteiger partial charge in [0.1, 0.15) is 5.69 Å². The highest BCUT2D eigenvalue weighted by Crippen LogP contribution is 2.34. The molecule has 1 N–H and O–H groups in total. The minimum absolute atomic E-state index is 0.261. The number of fused-ring (bicyclic) bond motifs is 1. The number of hydrogen-bond donors (Lipinski definition) is 1. The van der Waals surface area contributed by atoms with Crippen LogP contribution in [0.1, 0.15) is 23.2 Å². The number of halogens is 3. The van der Waals surface area contributed by atoms with Gasteiger partial charge in [-0.2, -0.15) is 13.2 Å². The van der Waals surface area contributed by atoms with Crippen LogP contribution in [0.4, 0.5) is 13.2 Å². The van der Waals surface area contributed by atoms with Gasteiger partial charge in [-0.1, -0.05) is 0 Å². The van der Waals surface area contributed by atoms with Crippen LogP contribution in [0.5, 0.6) is 0 Å². The topological polar surface area (TPSA) is 32.9 Å². The molecule has 0 bridgehead atoms. The fraction of sp³-hybridized carbons (Fsp3) is 0.444. The second kappa shape index (κ2) is 2.87. The predicted molar refractivity (Wildman–Crippen MR) is 44.1 cm³/mol. The third kappa shape index (κ3) is 1.42. The Hall–Kier alpha value is -1.26. The van der Waals surface area contributed by atoms with Crippen LogP contribution in [0.3, 0.4) is 0 Å². The number of alkyl halides is 3. The Bertz CT molecular complexity index is 419. The highest BCUT2D eigenvalue weighted by atomic mass is 19.4. The Labute approximate surface area is 77.8 Å². The Morgan fingerprint density at radius 3 is 2.64 bits per heavy atom. The third-order valence-electron chi connectivity index (χ3n) is 2.40. The van der Waals surface area contributed by atoms with E-state index < -0.39 is 17.4 Å². The molecule has 0 spiro atoms. The SMILES string of the molecule is O=c1cc2c(c(C(F)(F)F)[nH]1)CCC2. The normalized spacial score (nSPS) is 15.6. The molecule has 0 aliphatic heterocycles. The van der Waals surface area contributed by atoms with Crippen molar-refractivity contribution >= 4 is 0 Å². The lowest BCUT2D eigenvalue weighted by molar-refractivity contribution is -0.141. The Morgan fingerprint density at radius 1 is 1.29 bits per heavy atom. The summed E-state index contributed by atoms with van der Waals surface area (Å²) in [6, 6.07) is 1.26. The monoisotopic (exact) mass is 203 g/mol. The van der Waals surface area contributed by atoms with E-state index in [1.807, 2.05) is 4.98 Å². The van der Waals surface area contributed by atoms with E-state index in [1.165, 1.54) is 6.07 Å². The van der Waals surface area contributed by atoms with E-state index in [-0.39, 0.29) is 5.56 Å². The van der Waals surface area contributed by atoms with E-state index in [0.29, 0.717) is 24.8 Å². The Morgan fingerprint density at radius 2 is 2.00 bits per heavy atom. The number of pyridine rings is 1. The van der Waals surface area contributed by atoms with Gasteiger partial charge in [0.05, 0.1) is 0 Å². The first-order valence-corrected chi connectivity index (χ1v) is 4.31. The second-order valence-corrected chi connectivity index (χ2v) is 3.36. The van der Waals surface area contributed by atoms with Crippen molar-refractivity contribution in [2.75, 3.05) is 0 Å². The van der Waals surface area contributed by atoms with Gasteiger partial charge < -0.3 is 4.98 Å². The summed E-state index contributed by atoms with van der Waals surface area (Å²) < 4.78 is 37.4. The quantitative estimate of drug-likeness (QED) is 0.686. The smallest absolute Gasteiger partial charge is 0.318 e. The molecule has 1 aromatic rings. The zero-order valence-corrected chi connectivity index (χ0v) is 7.24. The van der Waals surface area contributed by atoms with E-state index >= 15 is 0 Å². The summed E-state index contributed by atoms with van der Waals surface area (Å²) in [6.07, 6.45) is -2.78. The largest absolute Gasteiger partial charge is 0.431 e. The zero-order valence-electron chi connectivity index (χ0n) is 7.24. The first-order valence-electron chi connectivity index (χ1n) is 4.31. The Balaban J connectivity index is 2.66. The van der Waals surface area contributed by atoms with E-state index in [4.69, 9.17) is 0 Å². The van der Waals surface area contributed by atoms with Crippen molar-refractivity contribution in [1.82, 2.24) is 4.98 Å². The van der Waals surface area contributed by atoms with Gasteiger partial charge in [-0.05, 0) is 30.4 Å². The van der Waals surface area contributed by atoms with E-state index in [2.05, 4.69) is 0 Å². The highest BCUT2D eigenvalue weighted by Gasteiger charge is 2.36. The standard InChI is InChI=1S/C9H8F3NO/c10-9(11,12)8-6-3-1-2-5(6)4-7(14)13-8/h4H,1-3H2,(H,13,14). The minimum Gasteiger partial charge on any atom is -0.318 e. The van der Waals surface area contributed by atoms with Gasteiger partial charge in [-0.15, -0.1) is 0 Å². The van der Waals surface area contributed by atoms with Crippen LogP contribution in [0.15, 0.2) is 10.9 Å². The molecule has 2 rings (SSSR count). The van der Waals surface area contributed by atoms with Crippen molar-refractivity contribution in [3.8, 4) is 0 Å². The first-order chi connectivity index (χ1) is 6.48. The molecule has 0 radical (unpaired) electrons. The van der Waals surface area contributed by atoms with E-state index in [0.717, 1.165) is 0 Å². The third-order valence-corrected chi connectivity index (χ3v) is 2.40. The average Bonchev–Trinajstić information content (AvgIpc) is 2.47. The fourth-order valence-corrected chi connectivity index (χ4v) is 1.85. The van der Waals surface area contributed by atoms with Crippen molar-refractivity contribution in [3.63, 3.8) is 0 Å². The first kappa shape index (κ1) is 9.30. The number of aromatic amines is 1. The molecule has 0 unspecified atom stereocenters. The lowest BCUT2D eigenvalue weighted by Gasteiger charge is -2.10. The zero-order chi connectivity index (χ0) is 10.3. The van der Waals surface area contributed by atoms with Crippen LogP contribution in [0.25, 0.3) is 0 Å². The van der Waals surface area contributed by atoms with Crippen LogP contribution in [-0.2, 0) is 19.0 Å². The molecule has 5 heteroatoms. The molecule has 0 atom stereocenters. The summed E-state index contributed by atoms with van der Waals surface area (Å²) in [5.41, 5.74) is -0.728. The molecule has 0 amide bonds. The molecule has 1 aliphatic rings. The van der Waals surface area contributed by atoms with Crippen LogP contribution in [0, 0.1) is 0 Å². The number of aryl methyl sites for hydroxylation is 1. The van der Waals surface area contributed by atoms with Crippen LogP contribution >= 0.6 is 0 Å². The molecular weight excluding hydrogens is 195 g/mol. The lowest BCUT2D eigenvalue weighted by atomic mass is 10.1. The average molecular weight is 203 g/mol. The van der Waals surface area contributed by atoms with E-state index in [1.54, 1.807) is 0 Å². The number of rotatable bonds is 0. The van der Waals surface area contributed by atoms with Gasteiger partial charge in [0.25, 0.3) is 0 Å². The van der Waals surface area contributed by atoms with Crippen LogP contribution < -0.4 is 5.56 Å². The summed E-state index contributed by atoms with van der Waals surface area (Å²) in [5.74, 6) is 0. The predicted octanol–water partition coefficient (Wildman–Crippen LogP) is 1.88. The molecule has 0 aromatic carbocycles. The summed E-state index contributed by atoms with van der Waals surface area (Å²) in [4.78, 5) is 12.8. The second-order valence-electron chi connectivity index (χ2n) is 3.36. The maximum absolute atomic E-state index is 12.5. The summed E-state index contributed by atoms with van der Waals surface area (Å²) in [6.45, 7) is 0. The van der Waals surface area contributed by atoms with Gasteiger partial charge in [0.2, 0.25) is 5.56 Å². The minimum atomic E-state index is -4.45. The molecule has 0 saturated carbocycles. The number of aromatic nitrogens is 1. The molecule has 1 heterocycles. The van der Waals surface area contributed by atoms with Crippen molar-refractivity contribution in [2.24, 2.45) is 0 Å². The molecular formula is C9H8F3NO. The summed E-state index contributed by atoms with van der Waals surface area (Å²) >= 11 is 0. The maximum Gasteiger partial charge on any atom is 0.431 e. The van der Waals surface area contributed by atoms with Crippen molar-refractivity contribution in [2.45, 2.75) is 25.4 Å². The van der Waals surface area contributed by atoms with Crippen LogP contribution in [-0.4, -0.2) is 4.98 Å². The number of nitrogens with one attached hydrogen (secondary N) is 1. The van der Waals surface area contributed by atoms with Gasteiger partial charge in [0.15, 0.2) is 0 Å². The molecule has 1 aliphatic carbocycles. The van der Waals surface area contributed by atoms with Gasteiger partial charge in [0, 0.05) is 6.07 Å². The molecule has 14 heavy (non-hydrogen) atoms. The van der Waals surface area contributed by atoms with Crippen LogP contribution in [0.2, 0.25) is 0 Å². The molecule has 2 nitrogen and oxygen atoms in total. The Kier molecular flexibility index (Phi) is 1.90. The lowest BCUT2D eigenvalue weighted by Crippen LogP contribution is -2.19. The van der Waals surface area contributed by atoms with E-state index in [9.17, 15) is 18.0 Å². The van der Waals surface area contributed by atoms with Gasteiger partial charge in [-0.3, -0.25) is 4.79 Å². The molecule has 0 saturated heterocycles. The number of H-pyrrole nitrogens is 1. The molecule has 1 aromatic heterocycles. The van der Waals surface area contributed by atoms with Gasteiger partial charge in [-0.25, -0.2) is 0 Å².